The van der Waals surface area contributed by atoms with Crippen molar-refractivity contribution >= 4 is 16.1 Å². The number of rotatable bonds is 10. The van der Waals surface area contributed by atoms with Crippen LogP contribution in [0.15, 0.2) is 0 Å². The van der Waals surface area contributed by atoms with Gasteiger partial charge in [-0.15, -0.1) is 0 Å². The molecule has 1 unspecified atom stereocenters. The molecule has 130 valence electrons. The molecule has 0 amide bonds. The SMILES string of the molecule is CCCCCC(=O)OC(CNC1CCCCC1)CS(=O)(=O)[O-]. The summed E-state index contributed by atoms with van der Waals surface area (Å²) in [6.07, 6.45) is 7.64. The van der Waals surface area contributed by atoms with E-state index in [0.717, 1.165) is 44.9 Å². The average molecular weight is 334 g/mol. The minimum absolute atomic E-state index is 0.228. The van der Waals surface area contributed by atoms with Crippen LogP contribution in [-0.2, 0) is 19.6 Å². The van der Waals surface area contributed by atoms with Gasteiger partial charge in [0.15, 0.2) is 0 Å². The Morgan fingerprint density at radius 3 is 2.55 bits per heavy atom. The standard InChI is InChI=1S/C15H29NO5S/c1-2-3-5-10-15(17)21-14(12-22(18,19)20)11-16-13-8-6-4-7-9-13/h13-14,16H,2-12H2,1H3,(H,18,19,20)/p-1. The van der Waals surface area contributed by atoms with Crippen LogP contribution in [0.5, 0.6) is 0 Å². The van der Waals surface area contributed by atoms with Gasteiger partial charge in [-0.25, -0.2) is 8.42 Å². The fourth-order valence-corrected chi connectivity index (χ4v) is 3.37. The summed E-state index contributed by atoms with van der Waals surface area (Å²) in [7, 11) is -4.41. The van der Waals surface area contributed by atoms with Crippen LogP contribution in [0.3, 0.4) is 0 Å². The summed E-state index contributed by atoms with van der Waals surface area (Å²) in [4.78, 5) is 11.7. The zero-order valence-corrected chi connectivity index (χ0v) is 14.2. The second kappa shape index (κ2) is 10.2. The fraction of sp³-hybridized carbons (Fsp3) is 0.933. The first-order valence-electron chi connectivity index (χ1n) is 8.27. The zero-order chi connectivity index (χ0) is 16.4. The Morgan fingerprint density at radius 1 is 1.27 bits per heavy atom. The van der Waals surface area contributed by atoms with Gasteiger partial charge in [0, 0.05) is 19.0 Å². The van der Waals surface area contributed by atoms with Crippen LogP contribution in [0.4, 0.5) is 0 Å². The fourth-order valence-electron chi connectivity index (χ4n) is 2.73. The molecule has 1 rings (SSSR count). The highest BCUT2D eigenvalue weighted by Gasteiger charge is 2.20. The number of hydrogen-bond acceptors (Lipinski definition) is 6. The maximum Gasteiger partial charge on any atom is 0.306 e. The average Bonchev–Trinajstić information content (AvgIpc) is 2.44. The number of nitrogens with one attached hydrogen (secondary N) is 1. The molecule has 22 heavy (non-hydrogen) atoms. The molecule has 1 atom stereocenters. The van der Waals surface area contributed by atoms with Gasteiger partial charge in [0.05, 0.1) is 15.9 Å². The van der Waals surface area contributed by atoms with Crippen LogP contribution in [0, 0.1) is 0 Å². The summed E-state index contributed by atoms with van der Waals surface area (Å²) in [6, 6.07) is 0.324. The van der Waals surface area contributed by atoms with E-state index >= 15 is 0 Å². The Morgan fingerprint density at radius 2 is 1.95 bits per heavy atom. The van der Waals surface area contributed by atoms with Crippen LogP contribution in [0.25, 0.3) is 0 Å². The van der Waals surface area contributed by atoms with Crippen molar-refractivity contribution in [1.82, 2.24) is 5.32 Å². The third-order valence-electron chi connectivity index (χ3n) is 3.91. The largest absolute Gasteiger partial charge is 0.748 e. The van der Waals surface area contributed by atoms with Gasteiger partial charge in [-0.2, -0.15) is 0 Å². The van der Waals surface area contributed by atoms with E-state index < -0.39 is 27.9 Å². The quantitative estimate of drug-likeness (QED) is 0.373. The monoisotopic (exact) mass is 334 g/mol. The predicted octanol–water partition coefficient (Wildman–Crippen LogP) is 1.95. The summed E-state index contributed by atoms with van der Waals surface area (Å²) in [5.41, 5.74) is 0. The number of ether oxygens (including phenoxy) is 1. The van der Waals surface area contributed by atoms with Crippen molar-refractivity contribution in [2.75, 3.05) is 12.3 Å². The molecule has 1 saturated carbocycles. The number of hydrogen-bond donors (Lipinski definition) is 1. The molecule has 7 heteroatoms. The van der Waals surface area contributed by atoms with Crippen LogP contribution in [-0.4, -0.2) is 43.4 Å². The molecule has 0 aromatic rings. The molecule has 0 bridgehead atoms. The van der Waals surface area contributed by atoms with Crippen molar-refractivity contribution in [2.45, 2.75) is 76.9 Å². The van der Waals surface area contributed by atoms with Gasteiger partial charge in [0.25, 0.3) is 0 Å². The Bertz CT molecular complexity index is 418. The molecule has 1 aliphatic carbocycles. The molecule has 1 aliphatic rings. The van der Waals surface area contributed by atoms with Crippen molar-refractivity contribution in [3.63, 3.8) is 0 Å². The normalized spacial score (nSPS) is 18.1. The molecule has 0 aromatic heterocycles. The van der Waals surface area contributed by atoms with Crippen LogP contribution < -0.4 is 5.32 Å². The number of carbonyl (C=O) groups excluding carboxylic acids is 1. The molecule has 0 heterocycles. The zero-order valence-electron chi connectivity index (χ0n) is 13.4. The van der Waals surface area contributed by atoms with E-state index in [2.05, 4.69) is 5.32 Å². The second-order valence-corrected chi connectivity index (χ2v) is 7.49. The van der Waals surface area contributed by atoms with Crippen molar-refractivity contribution in [3.8, 4) is 0 Å². The lowest BCUT2D eigenvalue weighted by Crippen LogP contribution is -2.41. The highest BCUT2D eigenvalue weighted by molar-refractivity contribution is 7.85. The van der Waals surface area contributed by atoms with Gasteiger partial charge in [-0.05, 0) is 19.3 Å². The lowest BCUT2D eigenvalue weighted by molar-refractivity contribution is -0.148. The lowest BCUT2D eigenvalue weighted by atomic mass is 9.95. The maximum atomic E-state index is 11.7. The van der Waals surface area contributed by atoms with Gasteiger partial charge >= 0.3 is 5.97 Å². The third kappa shape index (κ3) is 9.38. The molecule has 6 nitrogen and oxygen atoms in total. The molecule has 1 N–H and O–H groups in total. The summed E-state index contributed by atoms with van der Waals surface area (Å²) in [5, 5.41) is 3.24. The Labute approximate surface area is 133 Å². The number of unbranched alkanes of at least 4 members (excludes halogenated alkanes) is 2. The van der Waals surface area contributed by atoms with E-state index in [1.807, 2.05) is 6.92 Å². The van der Waals surface area contributed by atoms with E-state index in [1.54, 1.807) is 0 Å². The number of esters is 1. The smallest absolute Gasteiger partial charge is 0.306 e. The third-order valence-corrected chi connectivity index (χ3v) is 4.69. The Hall–Kier alpha value is -0.660. The van der Waals surface area contributed by atoms with Gasteiger partial charge in [0.1, 0.15) is 6.10 Å². The van der Waals surface area contributed by atoms with Crippen molar-refractivity contribution < 1.29 is 22.5 Å². The summed E-state index contributed by atoms with van der Waals surface area (Å²) in [6.45, 7) is 2.26. The summed E-state index contributed by atoms with van der Waals surface area (Å²) in [5.74, 6) is -1.08. The van der Waals surface area contributed by atoms with E-state index in [-0.39, 0.29) is 13.0 Å². The van der Waals surface area contributed by atoms with Crippen molar-refractivity contribution in [1.29, 1.82) is 0 Å². The topological polar surface area (TPSA) is 95.5 Å². The second-order valence-electron chi connectivity index (χ2n) is 6.04. The van der Waals surface area contributed by atoms with Gasteiger partial charge in [-0.3, -0.25) is 4.79 Å². The van der Waals surface area contributed by atoms with E-state index in [9.17, 15) is 17.8 Å². The minimum Gasteiger partial charge on any atom is -0.748 e. The van der Waals surface area contributed by atoms with Gasteiger partial charge < -0.3 is 14.6 Å². The first kappa shape index (κ1) is 19.4. The summed E-state index contributed by atoms with van der Waals surface area (Å²) >= 11 is 0. The molecule has 0 spiro atoms. The lowest BCUT2D eigenvalue weighted by Gasteiger charge is -2.26. The Kier molecular flexibility index (Phi) is 8.97. The highest BCUT2D eigenvalue weighted by atomic mass is 32.2. The minimum atomic E-state index is -4.41. The molecule has 1 fully saturated rings. The Balaban J connectivity index is 2.42. The van der Waals surface area contributed by atoms with Crippen LogP contribution in [0.2, 0.25) is 0 Å². The first-order chi connectivity index (χ1) is 10.4. The first-order valence-corrected chi connectivity index (χ1v) is 9.85. The van der Waals surface area contributed by atoms with Crippen molar-refractivity contribution in [3.05, 3.63) is 0 Å². The highest BCUT2D eigenvalue weighted by Crippen LogP contribution is 2.17. The van der Waals surface area contributed by atoms with E-state index in [1.165, 1.54) is 6.42 Å². The molecule has 0 saturated heterocycles. The predicted molar refractivity (Wildman–Crippen MR) is 83.5 cm³/mol. The molecule has 0 radical (unpaired) electrons. The van der Waals surface area contributed by atoms with Crippen LogP contribution >= 0.6 is 0 Å². The summed E-state index contributed by atoms with van der Waals surface area (Å²) < 4.78 is 38.1. The number of carbonyl (C=O) groups is 1. The maximum absolute atomic E-state index is 11.7. The van der Waals surface area contributed by atoms with Gasteiger partial charge in [-0.1, -0.05) is 39.0 Å². The van der Waals surface area contributed by atoms with Gasteiger partial charge in [0.2, 0.25) is 0 Å². The molecular weight excluding hydrogens is 306 g/mol. The van der Waals surface area contributed by atoms with E-state index in [0.29, 0.717) is 6.04 Å². The molecule has 0 aromatic carbocycles. The molecular formula is C15H28NO5S-. The van der Waals surface area contributed by atoms with E-state index in [4.69, 9.17) is 4.74 Å². The molecule has 0 aliphatic heterocycles. The van der Waals surface area contributed by atoms with Crippen molar-refractivity contribution in [2.24, 2.45) is 0 Å². The van der Waals surface area contributed by atoms with Crippen LogP contribution in [0.1, 0.15) is 64.7 Å².